The molecule has 8 heteroatoms. The van der Waals surface area contributed by atoms with Gasteiger partial charge in [0.2, 0.25) is 0 Å². The number of fused-ring (bicyclic) bond motifs is 1. The minimum Gasteiger partial charge on any atom is -0.320 e. The molecule has 2 aromatic rings. The maximum absolute atomic E-state index is 14.4. The molecule has 0 atom stereocenters. The van der Waals surface area contributed by atoms with Gasteiger partial charge in [-0.2, -0.15) is 8.42 Å². The number of halogens is 1. The number of carbonyl (C=O) groups is 1. The van der Waals surface area contributed by atoms with Crippen molar-refractivity contribution in [2.24, 2.45) is 0 Å². The van der Waals surface area contributed by atoms with Crippen molar-refractivity contribution in [2.75, 3.05) is 28.0 Å². The largest absolute Gasteiger partial charge is 0.326 e. The molecule has 3 rings (SSSR count). The summed E-state index contributed by atoms with van der Waals surface area (Å²) >= 11 is 0. The molecule has 0 radical (unpaired) electrons. The molecular weight excluding hydrogens is 357 g/mol. The van der Waals surface area contributed by atoms with Crippen molar-refractivity contribution >= 4 is 39.3 Å². The van der Waals surface area contributed by atoms with Gasteiger partial charge in [0.15, 0.2) is 0 Å². The first kappa shape index (κ1) is 17.9. The van der Waals surface area contributed by atoms with E-state index in [2.05, 4.69) is 5.32 Å². The van der Waals surface area contributed by atoms with Gasteiger partial charge in [-0.05, 0) is 24.6 Å². The van der Waals surface area contributed by atoms with Gasteiger partial charge in [-0.3, -0.25) is 13.4 Å². The summed E-state index contributed by atoms with van der Waals surface area (Å²) in [6.45, 7) is 1.62. The number of hydrogen-bond donors (Lipinski definition) is 1. The fourth-order valence-electron chi connectivity index (χ4n) is 2.67. The van der Waals surface area contributed by atoms with E-state index in [1.54, 1.807) is 13.0 Å². The molecule has 6 nitrogen and oxygen atoms in total. The molecule has 2 aromatic carbocycles. The van der Waals surface area contributed by atoms with Crippen molar-refractivity contribution < 1.29 is 17.6 Å². The summed E-state index contributed by atoms with van der Waals surface area (Å²) in [7, 11) is -0.980. The topological polar surface area (TPSA) is 69.7 Å². The lowest BCUT2D eigenvalue weighted by Gasteiger charge is -2.13. The zero-order valence-electron chi connectivity index (χ0n) is 14.5. The first-order valence-electron chi connectivity index (χ1n) is 7.83. The van der Waals surface area contributed by atoms with Crippen molar-refractivity contribution in [3.8, 4) is 0 Å². The Morgan fingerprint density at radius 3 is 2.27 bits per heavy atom. The van der Waals surface area contributed by atoms with Crippen LogP contribution in [0.2, 0.25) is 0 Å². The summed E-state index contributed by atoms with van der Waals surface area (Å²) in [5.41, 5.74) is 1.69. The third-order valence-electron chi connectivity index (χ3n) is 4.22. The molecule has 0 bridgehead atoms. The van der Waals surface area contributed by atoms with Crippen molar-refractivity contribution in [3.63, 3.8) is 0 Å². The van der Waals surface area contributed by atoms with Crippen molar-refractivity contribution in [1.82, 2.24) is 0 Å². The average molecular weight is 375 g/mol. The fraction of sp³-hybridized carbons (Fsp3) is 0.167. The zero-order chi connectivity index (χ0) is 19.1. The molecule has 0 aromatic heterocycles. The van der Waals surface area contributed by atoms with Crippen LogP contribution in [0.15, 0.2) is 48.0 Å². The SMILES string of the molecule is CC(=Cc1ccccc1)C(=O)Nc1cc2c(cc1F)N(C)S(=O)(=O)N2C. The van der Waals surface area contributed by atoms with E-state index in [0.717, 1.165) is 20.2 Å². The molecule has 136 valence electrons. The number of nitrogens with zero attached hydrogens (tertiary/aromatic N) is 2. The van der Waals surface area contributed by atoms with Crippen LogP contribution < -0.4 is 13.9 Å². The lowest BCUT2D eigenvalue weighted by Crippen LogP contribution is -2.32. The molecule has 0 spiro atoms. The number of anilines is 3. The number of nitrogens with one attached hydrogen (secondary N) is 1. The molecule has 0 fully saturated rings. The molecule has 1 heterocycles. The molecular formula is C18H18FN3O3S. The van der Waals surface area contributed by atoms with Gasteiger partial charge in [-0.15, -0.1) is 0 Å². The normalized spacial score (nSPS) is 15.8. The smallest absolute Gasteiger partial charge is 0.320 e. The second kappa shape index (κ2) is 6.45. The van der Waals surface area contributed by atoms with Crippen LogP contribution >= 0.6 is 0 Å². The van der Waals surface area contributed by atoms with E-state index < -0.39 is 21.9 Å². The summed E-state index contributed by atoms with van der Waals surface area (Å²) in [4.78, 5) is 12.4. The Balaban J connectivity index is 1.89. The Kier molecular flexibility index (Phi) is 4.45. The highest BCUT2D eigenvalue weighted by atomic mass is 32.2. The van der Waals surface area contributed by atoms with Crippen LogP contribution in [0, 0.1) is 5.82 Å². The van der Waals surface area contributed by atoms with E-state index in [9.17, 15) is 17.6 Å². The van der Waals surface area contributed by atoms with Gasteiger partial charge in [0.25, 0.3) is 5.91 Å². The number of hydrogen-bond acceptors (Lipinski definition) is 3. The molecule has 0 saturated carbocycles. The summed E-state index contributed by atoms with van der Waals surface area (Å²) in [5, 5.41) is 2.50. The lowest BCUT2D eigenvalue weighted by atomic mass is 10.1. The molecule has 0 aliphatic carbocycles. The summed E-state index contributed by atoms with van der Waals surface area (Å²) in [6, 6.07) is 11.7. The first-order valence-corrected chi connectivity index (χ1v) is 9.22. The van der Waals surface area contributed by atoms with E-state index in [0.29, 0.717) is 11.3 Å². The van der Waals surface area contributed by atoms with E-state index in [1.165, 1.54) is 20.2 Å². The fourth-order valence-corrected chi connectivity index (χ4v) is 3.83. The standard InChI is InChI=1S/C18H18FN3O3S/c1-12(9-13-7-5-4-6-8-13)18(23)20-15-11-17-16(10-14(15)19)21(2)26(24,25)22(17)3/h4-11H,1-3H3,(H,20,23). The lowest BCUT2D eigenvalue weighted by molar-refractivity contribution is -0.112. The Hall–Kier alpha value is -2.87. The van der Waals surface area contributed by atoms with Crippen LogP contribution in [0.1, 0.15) is 12.5 Å². The zero-order valence-corrected chi connectivity index (χ0v) is 15.3. The Labute approximate surface area is 151 Å². The second-order valence-corrected chi connectivity index (χ2v) is 7.95. The van der Waals surface area contributed by atoms with Crippen molar-refractivity contribution in [2.45, 2.75) is 6.92 Å². The van der Waals surface area contributed by atoms with Gasteiger partial charge in [0.1, 0.15) is 5.82 Å². The van der Waals surface area contributed by atoms with Gasteiger partial charge in [-0.25, -0.2) is 4.39 Å². The quantitative estimate of drug-likeness (QED) is 0.839. The predicted molar refractivity (Wildman–Crippen MR) is 101 cm³/mol. The molecule has 26 heavy (non-hydrogen) atoms. The third-order valence-corrected chi connectivity index (χ3v) is 6.00. The van der Waals surface area contributed by atoms with Crippen LogP contribution in [-0.4, -0.2) is 28.4 Å². The van der Waals surface area contributed by atoms with Gasteiger partial charge in [-0.1, -0.05) is 30.3 Å². The number of amides is 1. The number of rotatable bonds is 3. The maximum Gasteiger partial charge on any atom is 0.326 e. The van der Waals surface area contributed by atoms with Gasteiger partial charge >= 0.3 is 10.2 Å². The van der Waals surface area contributed by atoms with Gasteiger partial charge in [0, 0.05) is 25.7 Å². The van der Waals surface area contributed by atoms with Crippen LogP contribution in [0.4, 0.5) is 21.5 Å². The van der Waals surface area contributed by atoms with Crippen molar-refractivity contribution in [1.29, 1.82) is 0 Å². The highest BCUT2D eigenvalue weighted by Crippen LogP contribution is 2.41. The molecule has 1 amide bonds. The summed E-state index contributed by atoms with van der Waals surface area (Å²) in [5.74, 6) is -1.17. The van der Waals surface area contributed by atoms with Crippen LogP contribution in [-0.2, 0) is 15.0 Å². The van der Waals surface area contributed by atoms with Crippen LogP contribution in [0.3, 0.4) is 0 Å². The van der Waals surface area contributed by atoms with E-state index in [1.807, 2.05) is 30.3 Å². The maximum atomic E-state index is 14.4. The minimum atomic E-state index is -3.71. The minimum absolute atomic E-state index is 0.0769. The molecule has 1 N–H and O–H groups in total. The third kappa shape index (κ3) is 3.03. The highest BCUT2D eigenvalue weighted by Gasteiger charge is 2.36. The highest BCUT2D eigenvalue weighted by molar-refractivity contribution is 7.94. The van der Waals surface area contributed by atoms with E-state index in [4.69, 9.17) is 0 Å². The molecule has 0 saturated heterocycles. The average Bonchev–Trinajstić information content (AvgIpc) is 2.77. The van der Waals surface area contributed by atoms with Crippen LogP contribution in [0.25, 0.3) is 6.08 Å². The number of benzene rings is 2. The molecule has 1 aliphatic heterocycles. The monoisotopic (exact) mass is 375 g/mol. The second-order valence-electron chi connectivity index (χ2n) is 5.96. The van der Waals surface area contributed by atoms with E-state index >= 15 is 0 Å². The van der Waals surface area contributed by atoms with Crippen LogP contribution in [0.5, 0.6) is 0 Å². The molecule has 1 aliphatic rings. The predicted octanol–water partition coefficient (Wildman–Crippen LogP) is 3.00. The Morgan fingerprint density at radius 2 is 1.65 bits per heavy atom. The molecule has 0 unspecified atom stereocenters. The number of carbonyl (C=O) groups excluding carboxylic acids is 1. The first-order chi connectivity index (χ1) is 12.2. The Morgan fingerprint density at radius 1 is 1.08 bits per heavy atom. The van der Waals surface area contributed by atoms with Gasteiger partial charge < -0.3 is 5.32 Å². The summed E-state index contributed by atoms with van der Waals surface area (Å²) < 4.78 is 40.7. The van der Waals surface area contributed by atoms with Crippen molar-refractivity contribution in [3.05, 3.63) is 59.4 Å². The van der Waals surface area contributed by atoms with E-state index in [-0.39, 0.29) is 11.4 Å². The van der Waals surface area contributed by atoms with Gasteiger partial charge in [0.05, 0.1) is 17.1 Å². The summed E-state index contributed by atoms with van der Waals surface area (Å²) in [6.07, 6.45) is 1.69. The Bertz CT molecular complexity index is 1000.